The van der Waals surface area contributed by atoms with Crippen molar-refractivity contribution < 1.29 is 14.3 Å². The Morgan fingerprint density at radius 3 is 3.06 bits per heavy atom. The van der Waals surface area contributed by atoms with Crippen LogP contribution in [-0.4, -0.2) is 49.1 Å². The zero-order valence-electron chi connectivity index (χ0n) is 10.1. The largest absolute Gasteiger partial charge is 0.378 e. The van der Waals surface area contributed by atoms with Gasteiger partial charge in [-0.2, -0.15) is 0 Å². The van der Waals surface area contributed by atoms with Gasteiger partial charge in [0.05, 0.1) is 12.6 Å². The molecule has 2 amide bonds. The van der Waals surface area contributed by atoms with Gasteiger partial charge in [0.1, 0.15) is 0 Å². The summed E-state index contributed by atoms with van der Waals surface area (Å²) in [4.78, 5) is 24.6. The molecule has 0 aromatic rings. The fraction of sp³-hybridized carbons (Fsp3) is 0.833. The van der Waals surface area contributed by atoms with E-state index in [1.165, 1.54) is 0 Å². The quantitative estimate of drug-likeness (QED) is 0.768. The third-order valence-corrected chi connectivity index (χ3v) is 3.38. The summed E-state index contributed by atoms with van der Waals surface area (Å²) in [5, 5.41) is 2.60. The van der Waals surface area contributed by atoms with Gasteiger partial charge in [0.2, 0.25) is 11.8 Å². The van der Waals surface area contributed by atoms with Crippen molar-refractivity contribution in [2.75, 3.05) is 26.2 Å². The second-order valence-corrected chi connectivity index (χ2v) is 4.68. The van der Waals surface area contributed by atoms with E-state index >= 15 is 0 Å². The van der Waals surface area contributed by atoms with Crippen LogP contribution >= 0.6 is 0 Å². The molecule has 2 fully saturated rings. The Bertz CT molecular complexity index is 287. The minimum atomic E-state index is -0.0278. The summed E-state index contributed by atoms with van der Waals surface area (Å²) in [5.74, 6) is 0.00293. The topological polar surface area (TPSA) is 58.6 Å². The molecule has 0 bridgehead atoms. The van der Waals surface area contributed by atoms with Crippen LogP contribution in [0.4, 0.5) is 0 Å². The predicted molar refractivity (Wildman–Crippen MR) is 62.4 cm³/mol. The number of nitrogens with one attached hydrogen (secondary N) is 1. The number of ether oxygens (including phenoxy) is 1. The van der Waals surface area contributed by atoms with Crippen LogP contribution in [0.15, 0.2) is 0 Å². The molecule has 0 radical (unpaired) electrons. The normalized spacial score (nSPS) is 25.9. The molecule has 1 N–H and O–H groups in total. The van der Waals surface area contributed by atoms with E-state index in [0.717, 1.165) is 38.8 Å². The van der Waals surface area contributed by atoms with Gasteiger partial charge < -0.3 is 15.0 Å². The highest BCUT2D eigenvalue weighted by atomic mass is 16.5. The van der Waals surface area contributed by atoms with E-state index in [-0.39, 0.29) is 18.4 Å². The predicted octanol–water partition coefficient (Wildman–Crippen LogP) is 0.294. The number of nitrogens with zero attached hydrogens (tertiary/aromatic N) is 1. The number of amides is 2. The average molecular weight is 240 g/mol. The molecule has 17 heavy (non-hydrogen) atoms. The zero-order chi connectivity index (χ0) is 12.1. The molecular formula is C12H20N2O3. The average Bonchev–Trinajstić information content (AvgIpc) is 2.78. The second-order valence-electron chi connectivity index (χ2n) is 4.68. The van der Waals surface area contributed by atoms with Crippen LogP contribution in [0.5, 0.6) is 0 Å². The summed E-state index contributed by atoms with van der Waals surface area (Å²) in [6, 6.07) is 0. The summed E-state index contributed by atoms with van der Waals surface area (Å²) in [6.07, 6.45) is 5.10. The van der Waals surface area contributed by atoms with Crippen LogP contribution in [0.3, 0.4) is 0 Å². The van der Waals surface area contributed by atoms with E-state index in [4.69, 9.17) is 4.74 Å². The van der Waals surface area contributed by atoms with E-state index in [1.807, 2.05) is 0 Å². The highest BCUT2D eigenvalue weighted by Crippen LogP contribution is 2.17. The molecule has 2 heterocycles. The van der Waals surface area contributed by atoms with Gasteiger partial charge in [0, 0.05) is 26.1 Å². The number of carbonyl (C=O) groups excluding carboxylic acids is 2. The Kier molecular flexibility index (Phi) is 4.36. The molecular weight excluding hydrogens is 220 g/mol. The molecule has 0 aromatic heterocycles. The van der Waals surface area contributed by atoms with Crippen molar-refractivity contribution in [3.63, 3.8) is 0 Å². The van der Waals surface area contributed by atoms with E-state index < -0.39 is 0 Å². The van der Waals surface area contributed by atoms with E-state index in [1.54, 1.807) is 4.90 Å². The Labute approximate surface area is 101 Å². The van der Waals surface area contributed by atoms with Crippen molar-refractivity contribution in [1.82, 2.24) is 10.2 Å². The second kappa shape index (κ2) is 6.00. The van der Waals surface area contributed by atoms with Gasteiger partial charge in [-0.15, -0.1) is 0 Å². The van der Waals surface area contributed by atoms with Crippen LogP contribution < -0.4 is 5.32 Å². The van der Waals surface area contributed by atoms with Crippen LogP contribution in [-0.2, 0) is 14.3 Å². The molecule has 1 unspecified atom stereocenters. The molecule has 2 aliphatic rings. The van der Waals surface area contributed by atoms with Crippen LogP contribution in [0.2, 0.25) is 0 Å². The van der Waals surface area contributed by atoms with E-state index in [2.05, 4.69) is 5.32 Å². The monoisotopic (exact) mass is 240 g/mol. The fourth-order valence-corrected chi connectivity index (χ4v) is 2.35. The maximum atomic E-state index is 11.7. The maximum absolute atomic E-state index is 11.7. The van der Waals surface area contributed by atoms with Gasteiger partial charge >= 0.3 is 0 Å². The molecule has 0 spiro atoms. The van der Waals surface area contributed by atoms with Crippen molar-refractivity contribution in [3.8, 4) is 0 Å². The minimum Gasteiger partial charge on any atom is -0.378 e. The fourth-order valence-electron chi connectivity index (χ4n) is 2.35. The van der Waals surface area contributed by atoms with Crippen LogP contribution in [0.1, 0.15) is 32.1 Å². The lowest BCUT2D eigenvalue weighted by Gasteiger charge is -2.20. The highest BCUT2D eigenvalue weighted by Gasteiger charge is 2.20. The number of hydrogen-bond acceptors (Lipinski definition) is 3. The molecule has 96 valence electrons. The molecule has 1 atom stereocenters. The van der Waals surface area contributed by atoms with Gasteiger partial charge in [-0.1, -0.05) is 0 Å². The van der Waals surface area contributed by atoms with Crippen molar-refractivity contribution in [2.45, 2.75) is 38.2 Å². The Morgan fingerprint density at radius 2 is 2.29 bits per heavy atom. The van der Waals surface area contributed by atoms with E-state index in [9.17, 15) is 9.59 Å². The third-order valence-electron chi connectivity index (χ3n) is 3.38. The summed E-state index contributed by atoms with van der Waals surface area (Å²) < 4.78 is 5.54. The van der Waals surface area contributed by atoms with E-state index in [0.29, 0.717) is 19.1 Å². The lowest BCUT2D eigenvalue weighted by Crippen LogP contribution is -2.36. The highest BCUT2D eigenvalue weighted by molar-refractivity contribution is 5.87. The number of carbonyl (C=O) groups is 2. The lowest BCUT2D eigenvalue weighted by atomic mass is 10.1. The molecule has 2 aliphatic heterocycles. The smallest absolute Gasteiger partial charge is 0.241 e. The molecule has 2 saturated heterocycles. The first kappa shape index (κ1) is 12.4. The Balaban J connectivity index is 1.69. The van der Waals surface area contributed by atoms with Crippen LogP contribution in [0.25, 0.3) is 0 Å². The van der Waals surface area contributed by atoms with Gasteiger partial charge in [0.15, 0.2) is 0 Å². The molecule has 0 saturated carbocycles. The van der Waals surface area contributed by atoms with Crippen molar-refractivity contribution in [2.24, 2.45) is 0 Å². The summed E-state index contributed by atoms with van der Waals surface area (Å²) in [6.45, 7) is 2.33. The zero-order valence-corrected chi connectivity index (χ0v) is 10.1. The molecule has 0 aromatic carbocycles. The number of hydrogen-bond donors (Lipinski definition) is 1. The molecule has 5 heteroatoms. The molecule has 2 rings (SSSR count). The van der Waals surface area contributed by atoms with Gasteiger partial charge in [-0.25, -0.2) is 0 Å². The SMILES string of the molecule is O=C1CCN(CCCC2CCCO2)C(=O)CN1. The molecule has 5 nitrogen and oxygen atoms in total. The van der Waals surface area contributed by atoms with Crippen molar-refractivity contribution >= 4 is 11.8 Å². The first-order valence-corrected chi connectivity index (χ1v) is 6.42. The summed E-state index contributed by atoms with van der Waals surface area (Å²) in [5.41, 5.74) is 0. The minimum absolute atomic E-state index is 0.0278. The first-order valence-electron chi connectivity index (χ1n) is 6.42. The Morgan fingerprint density at radius 1 is 1.41 bits per heavy atom. The number of rotatable bonds is 4. The standard InChI is InChI=1S/C12H20N2O3/c15-11-5-7-14(12(16)9-13-11)6-1-3-10-4-2-8-17-10/h10H,1-9H2,(H,13,15). The maximum Gasteiger partial charge on any atom is 0.241 e. The van der Waals surface area contributed by atoms with Crippen molar-refractivity contribution in [3.05, 3.63) is 0 Å². The van der Waals surface area contributed by atoms with Crippen LogP contribution in [0, 0.1) is 0 Å². The summed E-state index contributed by atoms with van der Waals surface area (Å²) in [7, 11) is 0. The van der Waals surface area contributed by atoms with Gasteiger partial charge in [-0.05, 0) is 25.7 Å². The van der Waals surface area contributed by atoms with Gasteiger partial charge in [-0.3, -0.25) is 9.59 Å². The third kappa shape index (κ3) is 3.70. The van der Waals surface area contributed by atoms with Gasteiger partial charge in [0.25, 0.3) is 0 Å². The van der Waals surface area contributed by atoms with Crippen molar-refractivity contribution in [1.29, 1.82) is 0 Å². The molecule has 0 aliphatic carbocycles. The first-order chi connectivity index (χ1) is 8.25. The summed E-state index contributed by atoms with van der Waals surface area (Å²) >= 11 is 0. The lowest BCUT2D eigenvalue weighted by molar-refractivity contribution is -0.130. The Hall–Kier alpha value is -1.10.